The highest BCUT2D eigenvalue weighted by Crippen LogP contribution is 2.24. The molecule has 0 bridgehead atoms. The number of H-pyrrole nitrogens is 1. The number of hydrogen-bond acceptors (Lipinski definition) is 3. The van der Waals surface area contributed by atoms with Crippen molar-refractivity contribution >= 4 is 33.9 Å². The van der Waals surface area contributed by atoms with Gasteiger partial charge in [0, 0.05) is 10.9 Å². The molecule has 0 fully saturated rings. The van der Waals surface area contributed by atoms with E-state index in [9.17, 15) is 4.79 Å². The van der Waals surface area contributed by atoms with E-state index in [1.807, 2.05) is 48.2 Å². The second-order valence-corrected chi connectivity index (χ2v) is 8.51. The SMILES string of the molecule is COc1ccccc1NC(=S)N(CC[NH+](C)C)Cc1cc2c(C)ccc(C)c2[nH]c1=O. The molecule has 0 atom stereocenters. The molecule has 31 heavy (non-hydrogen) atoms. The molecule has 0 radical (unpaired) electrons. The Morgan fingerprint density at radius 1 is 1.16 bits per heavy atom. The van der Waals surface area contributed by atoms with Crippen molar-refractivity contribution in [3.05, 3.63) is 69.5 Å². The molecule has 0 unspecified atom stereocenters. The molecule has 164 valence electrons. The first-order chi connectivity index (χ1) is 14.8. The normalized spacial score (nSPS) is 11.0. The molecule has 2 aromatic carbocycles. The molecule has 3 aromatic rings. The molecule has 0 aliphatic rings. The minimum atomic E-state index is -0.0801. The van der Waals surface area contributed by atoms with E-state index in [2.05, 4.69) is 37.4 Å². The number of quaternary nitrogens is 1. The molecule has 0 spiro atoms. The molecule has 1 heterocycles. The van der Waals surface area contributed by atoms with Gasteiger partial charge >= 0.3 is 0 Å². The Balaban J connectivity index is 1.92. The van der Waals surface area contributed by atoms with Gasteiger partial charge in [0.15, 0.2) is 5.11 Å². The Hall–Kier alpha value is -2.90. The average molecular weight is 440 g/mol. The van der Waals surface area contributed by atoms with E-state index in [1.165, 1.54) is 4.90 Å². The van der Waals surface area contributed by atoms with Crippen molar-refractivity contribution in [2.75, 3.05) is 39.6 Å². The van der Waals surface area contributed by atoms with E-state index in [-0.39, 0.29) is 5.56 Å². The summed E-state index contributed by atoms with van der Waals surface area (Å²) in [6.07, 6.45) is 0. The summed E-state index contributed by atoms with van der Waals surface area (Å²) in [6, 6.07) is 13.8. The van der Waals surface area contributed by atoms with Crippen LogP contribution in [0.2, 0.25) is 0 Å². The number of fused-ring (bicyclic) bond motifs is 1. The fraction of sp³-hybridized carbons (Fsp3) is 0.333. The first-order valence-electron chi connectivity index (χ1n) is 10.4. The van der Waals surface area contributed by atoms with Gasteiger partial charge in [-0.3, -0.25) is 4.79 Å². The number of nitrogens with zero attached hydrogens (tertiary/aromatic N) is 1. The molecule has 0 amide bonds. The number of aromatic amines is 1. The van der Waals surface area contributed by atoms with Crippen LogP contribution in [-0.2, 0) is 6.54 Å². The highest BCUT2D eigenvalue weighted by Gasteiger charge is 2.16. The van der Waals surface area contributed by atoms with E-state index < -0.39 is 0 Å². The Bertz CT molecular complexity index is 1140. The summed E-state index contributed by atoms with van der Waals surface area (Å²) in [4.78, 5) is 19.3. The van der Waals surface area contributed by atoms with E-state index in [0.29, 0.717) is 23.8 Å². The van der Waals surface area contributed by atoms with Crippen LogP contribution < -0.4 is 20.5 Å². The number of methoxy groups -OCH3 is 1. The minimum Gasteiger partial charge on any atom is -0.495 e. The van der Waals surface area contributed by atoms with Crippen molar-refractivity contribution in [1.29, 1.82) is 0 Å². The highest BCUT2D eigenvalue weighted by atomic mass is 32.1. The third-order valence-electron chi connectivity index (χ3n) is 5.40. The monoisotopic (exact) mass is 439 g/mol. The molecule has 6 nitrogen and oxygen atoms in total. The van der Waals surface area contributed by atoms with Crippen LogP contribution in [0.1, 0.15) is 16.7 Å². The maximum absolute atomic E-state index is 12.9. The Labute approximate surface area is 188 Å². The molecule has 3 rings (SSSR count). The van der Waals surface area contributed by atoms with Gasteiger partial charge in [-0.1, -0.05) is 24.3 Å². The molecule has 0 saturated carbocycles. The van der Waals surface area contributed by atoms with E-state index in [0.717, 1.165) is 40.0 Å². The fourth-order valence-electron chi connectivity index (χ4n) is 3.49. The van der Waals surface area contributed by atoms with Crippen molar-refractivity contribution in [2.45, 2.75) is 20.4 Å². The second-order valence-electron chi connectivity index (χ2n) is 8.12. The number of hydrogen-bond donors (Lipinski definition) is 3. The van der Waals surface area contributed by atoms with Crippen LogP contribution in [0.4, 0.5) is 5.69 Å². The van der Waals surface area contributed by atoms with E-state index in [4.69, 9.17) is 17.0 Å². The predicted octanol–water partition coefficient (Wildman–Crippen LogP) is 2.50. The molecule has 3 N–H and O–H groups in total. The van der Waals surface area contributed by atoms with Crippen LogP contribution in [0, 0.1) is 13.8 Å². The van der Waals surface area contributed by atoms with E-state index >= 15 is 0 Å². The summed E-state index contributed by atoms with van der Waals surface area (Å²) in [5.74, 6) is 0.720. The van der Waals surface area contributed by atoms with Crippen molar-refractivity contribution in [1.82, 2.24) is 9.88 Å². The number of aryl methyl sites for hydroxylation is 2. The van der Waals surface area contributed by atoms with Gasteiger partial charge in [-0.05, 0) is 55.4 Å². The van der Waals surface area contributed by atoms with Crippen molar-refractivity contribution in [3.8, 4) is 5.75 Å². The predicted molar refractivity (Wildman–Crippen MR) is 131 cm³/mol. The molecule has 0 aliphatic carbocycles. The van der Waals surface area contributed by atoms with Gasteiger partial charge in [0.25, 0.3) is 5.56 Å². The Kier molecular flexibility index (Phi) is 7.30. The number of ether oxygens (including phenoxy) is 1. The maximum Gasteiger partial charge on any atom is 0.253 e. The summed E-state index contributed by atoms with van der Waals surface area (Å²) in [6.45, 7) is 6.10. The van der Waals surface area contributed by atoms with Gasteiger partial charge in [0.05, 0.1) is 52.0 Å². The Morgan fingerprint density at radius 3 is 2.58 bits per heavy atom. The number of aromatic nitrogens is 1. The molecule has 7 heteroatoms. The maximum atomic E-state index is 12.9. The lowest BCUT2D eigenvalue weighted by atomic mass is 10.0. The zero-order valence-electron chi connectivity index (χ0n) is 18.8. The number of anilines is 1. The summed E-state index contributed by atoms with van der Waals surface area (Å²) in [5.41, 5.74) is 4.51. The summed E-state index contributed by atoms with van der Waals surface area (Å²) in [7, 11) is 5.84. The number of rotatable bonds is 7. The lowest BCUT2D eigenvalue weighted by Gasteiger charge is -2.26. The zero-order valence-corrected chi connectivity index (χ0v) is 19.7. The number of para-hydroxylation sites is 2. The molecule has 0 aliphatic heterocycles. The first kappa shape index (κ1) is 22.8. The Morgan fingerprint density at radius 2 is 1.87 bits per heavy atom. The third kappa shape index (κ3) is 5.42. The van der Waals surface area contributed by atoms with Crippen molar-refractivity contribution in [3.63, 3.8) is 0 Å². The molecule has 1 aromatic heterocycles. The lowest BCUT2D eigenvalue weighted by Crippen LogP contribution is -3.06. The van der Waals surface area contributed by atoms with Gasteiger partial charge in [-0.2, -0.15) is 0 Å². The smallest absolute Gasteiger partial charge is 0.253 e. The van der Waals surface area contributed by atoms with Crippen LogP contribution in [0.5, 0.6) is 5.75 Å². The largest absolute Gasteiger partial charge is 0.495 e. The van der Waals surface area contributed by atoms with Gasteiger partial charge in [0.1, 0.15) is 5.75 Å². The lowest BCUT2D eigenvalue weighted by molar-refractivity contribution is -0.857. The van der Waals surface area contributed by atoms with Crippen LogP contribution >= 0.6 is 12.2 Å². The third-order valence-corrected chi connectivity index (χ3v) is 5.76. The number of thiocarbonyl (C=S) groups is 1. The highest BCUT2D eigenvalue weighted by molar-refractivity contribution is 7.80. The number of nitrogens with one attached hydrogen (secondary N) is 3. The number of benzene rings is 2. The first-order valence-corrected chi connectivity index (χ1v) is 10.8. The van der Waals surface area contributed by atoms with Crippen LogP contribution in [0.3, 0.4) is 0 Å². The molecular weight excluding hydrogens is 408 g/mol. The number of pyridine rings is 1. The number of likely N-dealkylation sites (N-methyl/N-ethyl adjacent to an activating group) is 1. The van der Waals surface area contributed by atoms with Crippen LogP contribution in [0.25, 0.3) is 10.9 Å². The standard InChI is InChI=1S/C24H30N4O2S/c1-16-10-11-17(2)22-19(16)14-18(23(29)26-22)15-28(13-12-27(3)4)24(31)25-20-8-6-7-9-21(20)30-5/h6-11,14H,12-13,15H2,1-5H3,(H,25,31)(H,26,29)/p+1. The second kappa shape index (κ2) is 9.94. The van der Waals surface area contributed by atoms with Gasteiger partial charge in [0.2, 0.25) is 0 Å². The van der Waals surface area contributed by atoms with Gasteiger partial charge in [-0.25, -0.2) is 0 Å². The van der Waals surface area contributed by atoms with Crippen molar-refractivity contribution < 1.29 is 9.64 Å². The van der Waals surface area contributed by atoms with Crippen LogP contribution in [0.15, 0.2) is 47.3 Å². The quantitative estimate of drug-likeness (QED) is 0.494. The summed E-state index contributed by atoms with van der Waals surface area (Å²) < 4.78 is 5.43. The van der Waals surface area contributed by atoms with Crippen LogP contribution in [-0.4, -0.2) is 49.3 Å². The zero-order chi connectivity index (χ0) is 22.5. The van der Waals surface area contributed by atoms with Gasteiger partial charge in [-0.15, -0.1) is 0 Å². The van der Waals surface area contributed by atoms with Gasteiger partial charge < -0.3 is 24.8 Å². The molecule has 0 saturated heterocycles. The molecular formula is C24H31N4O2S+. The van der Waals surface area contributed by atoms with Crippen molar-refractivity contribution in [2.24, 2.45) is 0 Å². The average Bonchev–Trinajstić information content (AvgIpc) is 2.74. The fourth-order valence-corrected chi connectivity index (χ4v) is 3.76. The minimum absolute atomic E-state index is 0.0801. The topological polar surface area (TPSA) is 61.8 Å². The summed E-state index contributed by atoms with van der Waals surface area (Å²) >= 11 is 5.74. The van der Waals surface area contributed by atoms with E-state index in [1.54, 1.807) is 7.11 Å². The summed E-state index contributed by atoms with van der Waals surface area (Å²) in [5, 5.41) is 4.92.